The van der Waals surface area contributed by atoms with Gasteiger partial charge in [-0.3, -0.25) is 15.1 Å². The van der Waals surface area contributed by atoms with E-state index < -0.39 is 0 Å². The van der Waals surface area contributed by atoms with Gasteiger partial charge in [-0.05, 0) is 35.9 Å². The Bertz CT molecular complexity index is 1910. The molecule has 184 valence electrons. The third kappa shape index (κ3) is 4.08. The van der Waals surface area contributed by atoms with Crippen molar-refractivity contribution >= 4 is 33.3 Å². The first-order chi connectivity index (χ1) is 18.7. The molecule has 7 aromatic rings. The second-order valence-corrected chi connectivity index (χ2v) is 9.84. The number of aromatic nitrogens is 6. The molecule has 0 saturated carbocycles. The zero-order chi connectivity index (χ0) is 25.5. The van der Waals surface area contributed by atoms with Crippen LogP contribution in [-0.2, 0) is 6.61 Å². The van der Waals surface area contributed by atoms with E-state index in [0.29, 0.717) is 18.0 Å². The van der Waals surface area contributed by atoms with Gasteiger partial charge >= 0.3 is 0 Å². The summed E-state index contributed by atoms with van der Waals surface area (Å²) in [6, 6.07) is 19.3. The number of hydrogen-bond acceptors (Lipinski definition) is 6. The van der Waals surface area contributed by atoms with Crippen molar-refractivity contribution in [1.29, 1.82) is 0 Å². The summed E-state index contributed by atoms with van der Waals surface area (Å²) in [5, 5.41) is 9.15. The topological polar surface area (TPSA) is 92.4 Å². The van der Waals surface area contributed by atoms with Gasteiger partial charge in [0.15, 0.2) is 10.8 Å². The molecule has 2 N–H and O–H groups in total. The minimum atomic E-state index is -0.228. The number of nitrogens with zero attached hydrogens (tertiary/aromatic N) is 4. The Labute approximate surface area is 220 Å². The number of pyridine rings is 3. The SMILES string of the molecule is Fc1ccc(-c2cncc3[nH]c(-c4n[nH]c5ncc(-c6cncc(OCc7ccccc7)c6)cc45)cc23)s1. The molecule has 0 aliphatic carbocycles. The van der Waals surface area contributed by atoms with Crippen LogP contribution < -0.4 is 4.74 Å². The molecule has 7 rings (SSSR count). The fraction of sp³-hybridized carbons (Fsp3) is 0.0345. The van der Waals surface area contributed by atoms with Crippen molar-refractivity contribution in [1.82, 2.24) is 30.1 Å². The van der Waals surface area contributed by atoms with Gasteiger partial charge in [0, 0.05) is 50.9 Å². The minimum absolute atomic E-state index is 0.228. The van der Waals surface area contributed by atoms with Gasteiger partial charge in [-0.2, -0.15) is 9.49 Å². The molecule has 0 saturated heterocycles. The molecule has 0 aliphatic heterocycles. The fourth-order valence-corrected chi connectivity index (χ4v) is 5.25. The van der Waals surface area contributed by atoms with Gasteiger partial charge in [0.25, 0.3) is 0 Å². The molecule has 0 unspecified atom stereocenters. The standard InChI is InChI=1S/C29H19FN6OS/c30-27-7-6-26(38-27)23-14-32-15-25-21(23)10-24(34-25)28-22-9-19(12-33-29(22)36-35-28)18-8-20(13-31-11-18)37-16-17-4-2-1-3-5-17/h1-15,34H,16H2,(H,33,35,36). The van der Waals surface area contributed by atoms with E-state index in [4.69, 9.17) is 4.74 Å². The van der Waals surface area contributed by atoms with Crippen LogP contribution in [0.3, 0.4) is 0 Å². The largest absolute Gasteiger partial charge is 0.487 e. The smallest absolute Gasteiger partial charge is 0.176 e. The maximum absolute atomic E-state index is 13.7. The second kappa shape index (κ2) is 9.20. The number of ether oxygens (including phenoxy) is 1. The van der Waals surface area contributed by atoms with E-state index in [1.807, 2.05) is 48.5 Å². The van der Waals surface area contributed by atoms with Crippen molar-refractivity contribution in [3.8, 4) is 38.7 Å². The van der Waals surface area contributed by atoms with Crippen molar-refractivity contribution in [3.63, 3.8) is 0 Å². The average molecular weight is 519 g/mol. The third-order valence-corrected chi connectivity index (χ3v) is 7.26. The third-order valence-electron chi connectivity index (χ3n) is 6.35. The summed E-state index contributed by atoms with van der Waals surface area (Å²) < 4.78 is 19.7. The van der Waals surface area contributed by atoms with Crippen LogP contribution in [0.4, 0.5) is 4.39 Å². The Morgan fingerprint density at radius 2 is 1.71 bits per heavy atom. The van der Waals surface area contributed by atoms with E-state index in [1.165, 1.54) is 6.07 Å². The van der Waals surface area contributed by atoms with Crippen molar-refractivity contribution < 1.29 is 9.13 Å². The zero-order valence-corrected chi connectivity index (χ0v) is 20.7. The summed E-state index contributed by atoms with van der Waals surface area (Å²) in [4.78, 5) is 17.6. The van der Waals surface area contributed by atoms with E-state index in [9.17, 15) is 4.39 Å². The normalized spacial score (nSPS) is 11.4. The summed E-state index contributed by atoms with van der Waals surface area (Å²) in [5.74, 6) is 0.680. The lowest BCUT2D eigenvalue weighted by Crippen LogP contribution is -1.96. The minimum Gasteiger partial charge on any atom is -0.487 e. The zero-order valence-electron chi connectivity index (χ0n) is 19.9. The monoisotopic (exact) mass is 518 g/mol. The molecular formula is C29H19FN6OS. The second-order valence-electron chi connectivity index (χ2n) is 8.81. The number of nitrogens with one attached hydrogen (secondary N) is 2. The lowest BCUT2D eigenvalue weighted by molar-refractivity contribution is 0.305. The van der Waals surface area contributed by atoms with Crippen LogP contribution in [0, 0.1) is 5.13 Å². The number of H-pyrrole nitrogens is 2. The number of fused-ring (bicyclic) bond motifs is 2. The Balaban J connectivity index is 1.24. The van der Waals surface area contributed by atoms with Crippen LogP contribution in [-0.4, -0.2) is 30.1 Å². The van der Waals surface area contributed by atoms with E-state index >= 15 is 0 Å². The maximum atomic E-state index is 13.7. The molecule has 7 nitrogen and oxygen atoms in total. The lowest BCUT2D eigenvalue weighted by atomic mass is 10.1. The Hall–Kier alpha value is -4.89. The molecule has 0 amide bonds. The highest BCUT2D eigenvalue weighted by Gasteiger charge is 2.16. The highest BCUT2D eigenvalue weighted by molar-refractivity contribution is 7.14. The Kier molecular flexibility index (Phi) is 5.41. The molecule has 0 radical (unpaired) electrons. The first kappa shape index (κ1) is 22.3. The van der Waals surface area contributed by atoms with Gasteiger partial charge in [0.2, 0.25) is 0 Å². The molecule has 0 fully saturated rings. The maximum Gasteiger partial charge on any atom is 0.176 e. The highest BCUT2D eigenvalue weighted by Crippen LogP contribution is 2.36. The van der Waals surface area contributed by atoms with Crippen LogP contribution >= 0.6 is 11.3 Å². The van der Waals surface area contributed by atoms with Crippen LogP contribution in [0.2, 0.25) is 0 Å². The number of benzene rings is 1. The van der Waals surface area contributed by atoms with Gasteiger partial charge in [0.05, 0.1) is 23.6 Å². The molecule has 1 aromatic carbocycles. The molecule has 38 heavy (non-hydrogen) atoms. The molecular weight excluding hydrogens is 499 g/mol. The van der Waals surface area contributed by atoms with E-state index in [1.54, 1.807) is 37.1 Å². The molecule has 0 atom stereocenters. The van der Waals surface area contributed by atoms with Crippen molar-refractivity contribution in [3.05, 3.63) is 102 Å². The van der Waals surface area contributed by atoms with Crippen molar-refractivity contribution in [2.45, 2.75) is 6.61 Å². The van der Waals surface area contributed by atoms with Gasteiger partial charge in [-0.25, -0.2) is 4.98 Å². The van der Waals surface area contributed by atoms with E-state index in [0.717, 1.165) is 66.1 Å². The summed E-state index contributed by atoms with van der Waals surface area (Å²) in [6.45, 7) is 0.463. The first-order valence-electron chi connectivity index (χ1n) is 11.9. The summed E-state index contributed by atoms with van der Waals surface area (Å²) in [7, 11) is 0. The Morgan fingerprint density at radius 3 is 2.58 bits per heavy atom. The summed E-state index contributed by atoms with van der Waals surface area (Å²) in [6.07, 6.45) is 8.81. The van der Waals surface area contributed by atoms with Gasteiger partial charge < -0.3 is 9.72 Å². The summed E-state index contributed by atoms with van der Waals surface area (Å²) >= 11 is 1.10. The number of hydrogen-bond donors (Lipinski definition) is 2. The van der Waals surface area contributed by atoms with Crippen LogP contribution in [0.5, 0.6) is 5.75 Å². The highest BCUT2D eigenvalue weighted by atomic mass is 32.1. The number of aromatic amines is 2. The first-order valence-corrected chi connectivity index (χ1v) is 12.7. The molecule has 0 bridgehead atoms. The lowest BCUT2D eigenvalue weighted by Gasteiger charge is -2.08. The average Bonchev–Trinajstić information content (AvgIpc) is 3.70. The predicted molar refractivity (Wildman–Crippen MR) is 146 cm³/mol. The van der Waals surface area contributed by atoms with Gasteiger partial charge in [-0.1, -0.05) is 30.3 Å². The molecule has 6 aromatic heterocycles. The van der Waals surface area contributed by atoms with Crippen LogP contribution in [0.1, 0.15) is 5.56 Å². The number of thiophene rings is 1. The molecule has 0 spiro atoms. The number of halogens is 1. The van der Waals surface area contributed by atoms with Gasteiger partial charge in [0.1, 0.15) is 18.1 Å². The van der Waals surface area contributed by atoms with Gasteiger partial charge in [-0.15, -0.1) is 11.3 Å². The van der Waals surface area contributed by atoms with E-state index in [-0.39, 0.29) is 5.13 Å². The Morgan fingerprint density at radius 1 is 0.842 bits per heavy atom. The van der Waals surface area contributed by atoms with Crippen molar-refractivity contribution in [2.24, 2.45) is 0 Å². The van der Waals surface area contributed by atoms with Crippen LogP contribution in [0.15, 0.2) is 91.6 Å². The van der Waals surface area contributed by atoms with Crippen molar-refractivity contribution in [2.75, 3.05) is 0 Å². The molecule has 9 heteroatoms. The summed E-state index contributed by atoms with van der Waals surface area (Å²) in [5.41, 5.74) is 6.81. The predicted octanol–water partition coefficient (Wildman–Crippen LogP) is 7.01. The van der Waals surface area contributed by atoms with E-state index in [2.05, 4.69) is 30.1 Å². The fourth-order valence-electron chi connectivity index (χ4n) is 4.50. The van der Waals surface area contributed by atoms with Crippen LogP contribution in [0.25, 0.3) is 54.9 Å². The molecule has 0 aliphatic rings. The molecule has 6 heterocycles. The number of rotatable bonds is 6. The quantitative estimate of drug-likeness (QED) is 0.247.